The van der Waals surface area contributed by atoms with Crippen molar-refractivity contribution in [3.05, 3.63) is 29.8 Å². The first-order valence-electron chi connectivity index (χ1n) is 6.53. The van der Waals surface area contributed by atoms with Gasteiger partial charge in [0.15, 0.2) is 0 Å². The van der Waals surface area contributed by atoms with Crippen molar-refractivity contribution in [1.29, 1.82) is 0 Å². The maximum absolute atomic E-state index is 9.23. The Bertz CT molecular complexity index is 350. The highest BCUT2D eigenvalue weighted by atomic mass is 16.5. The van der Waals surface area contributed by atoms with Crippen LogP contribution in [0.4, 0.5) is 0 Å². The lowest BCUT2D eigenvalue weighted by Crippen LogP contribution is -2.30. The van der Waals surface area contributed by atoms with Gasteiger partial charge in [-0.15, -0.1) is 0 Å². The van der Waals surface area contributed by atoms with Crippen LogP contribution in [0.25, 0.3) is 0 Å². The van der Waals surface area contributed by atoms with Gasteiger partial charge in [0.1, 0.15) is 5.75 Å². The summed E-state index contributed by atoms with van der Waals surface area (Å²) in [4.78, 5) is 0. The van der Waals surface area contributed by atoms with Crippen LogP contribution < -0.4 is 0 Å². The van der Waals surface area contributed by atoms with Gasteiger partial charge in [0.05, 0.1) is 11.7 Å². The third-order valence-electron chi connectivity index (χ3n) is 3.61. The summed E-state index contributed by atoms with van der Waals surface area (Å²) in [6, 6.07) is 7.40. The average molecular weight is 234 g/mol. The second-order valence-corrected chi connectivity index (χ2v) is 5.46. The van der Waals surface area contributed by atoms with Crippen molar-refractivity contribution in [2.75, 3.05) is 0 Å². The van der Waals surface area contributed by atoms with Gasteiger partial charge in [-0.2, -0.15) is 0 Å². The SMILES string of the molecule is CC(Cc1ccc(O)cc1)OC1(C)CCCC1. The minimum Gasteiger partial charge on any atom is -0.508 e. The third-order valence-corrected chi connectivity index (χ3v) is 3.61. The lowest BCUT2D eigenvalue weighted by Gasteiger charge is -2.28. The molecule has 2 rings (SSSR count). The number of aromatic hydroxyl groups is 1. The molecule has 0 saturated heterocycles. The molecule has 1 fully saturated rings. The molecule has 2 nitrogen and oxygen atoms in total. The first kappa shape index (κ1) is 12.4. The predicted molar refractivity (Wildman–Crippen MR) is 69.2 cm³/mol. The predicted octanol–water partition coefficient (Wildman–Crippen LogP) is 3.67. The van der Waals surface area contributed by atoms with E-state index in [4.69, 9.17) is 4.74 Å². The van der Waals surface area contributed by atoms with E-state index >= 15 is 0 Å². The van der Waals surface area contributed by atoms with E-state index in [0.717, 1.165) is 6.42 Å². The number of hydrogen-bond acceptors (Lipinski definition) is 2. The summed E-state index contributed by atoms with van der Waals surface area (Å²) >= 11 is 0. The average Bonchev–Trinajstić information content (AvgIpc) is 2.68. The van der Waals surface area contributed by atoms with Crippen LogP contribution in [-0.2, 0) is 11.2 Å². The van der Waals surface area contributed by atoms with Gasteiger partial charge in [0.25, 0.3) is 0 Å². The smallest absolute Gasteiger partial charge is 0.115 e. The van der Waals surface area contributed by atoms with Crippen molar-refractivity contribution in [3.63, 3.8) is 0 Å². The van der Waals surface area contributed by atoms with Crippen LogP contribution >= 0.6 is 0 Å². The summed E-state index contributed by atoms with van der Waals surface area (Å²) in [7, 11) is 0. The molecule has 1 unspecified atom stereocenters. The molecule has 0 aromatic heterocycles. The molecule has 1 aromatic rings. The molecule has 94 valence electrons. The Kier molecular flexibility index (Phi) is 3.72. The highest BCUT2D eigenvalue weighted by Gasteiger charge is 2.31. The largest absolute Gasteiger partial charge is 0.508 e. The zero-order valence-corrected chi connectivity index (χ0v) is 10.8. The molecule has 1 atom stereocenters. The number of ether oxygens (including phenoxy) is 1. The second kappa shape index (κ2) is 5.09. The van der Waals surface area contributed by atoms with Crippen LogP contribution in [-0.4, -0.2) is 16.8 Å². The molecular formula is C15H22O2. The Morgan fingerprint density at radius 3 is 2.41 bits per heavy atom. The van der Waals surface area contributed by atoms with E-state index in [0.29, 0.717) is 5.75 Å². The maximum Gasteiger partial charge on any atom is 0.115 e. The Morgan fingerprint density at radius 2 is 1.82 bits per heavy atom. The number of benzene rings is 1. The molecule has 2 heteroatoms. The van der Waals surface area contributed by atoms with Gasteiger partial charge in [-0.3, -0.25) is 0 Å². The monoisotopic (exact) mass is 234 g/mol. The van der Waals surface area contributed by atoms with Crippen molar-refractivity contribution in [1.82, 2.24) is 0 Å². The van der Waals surface area contributed by atoms with Crippen molar-refractivity contribution in [2.45, 2.75) is 57.7 Å². The topological polar surface area (TPSA) is 29.5 Å². The minimum atomic E-state index is 0.0936. The fourth-order valence-electron chi connectivity index (χ4n) is 2.73. The summed E-state index contributed by atoms with van der Waals surface area (Å²) in [6.45, 7) is 4.36. The summed E-state index contributed by atoms with van der Waals surface area (Å²) in [5, 5.41) is 9.23. The zero-order chi connectivity index (χ0) is 12.3. The summed E-state index contributed by atoms with van der Waals surface area (Å²) in [6.07, 6.45) is 6.11. The summed E-state index contributed by atoms with van der Waals surface area (Å²) < 4.78 is 6.17. The molecule has 0 radical (unpaired) electrons. The van der Waals surface area contributed by atoms with Gasteiger partial charge < -0.3 is 9.84 Å². The molecule has 1 N–H and O–H groups in total. The zero-order valence-electron chi connectivity index (χ0n) is 10.8. The molecule has 0 heterocycles. The highest BCUT2D eigenvalue weighted by Crippen LogP contribution is 2.34. The molecule has 0 bridgehead atoms. The lowest BCUT2D eigenvalue weighted by molar-refractivity contribution is -0.0701. The van der Waals surface area contributed by atoms with E-state index in [1.54, 1.807) is 12.1 Å². The standard InChI is InChI=1S/C15H22O2/c1-12(17-15(2)9-3-4-10-15)11-13-5-7-14(16)8-6-13/h5-8,12,16H,3-4,9-11H2,1-2H3. The molecule has 1 aliphatic rings. The van der Waals surface area contributed by atoms with E-state index < -0.39 is 0 Å². The van der Waals surface area contributed by atoms with E-state index in [1.807, 2.05) is 12.1 Å². The summed E-state index contributed by atoms with van der Waals surface area (Å²) in [5.74, 6) is 0.324. The number of phenols is 1. The van der Waals surface area contributed by atoms with Crippen molar-refractivity contribution in [2.24, 2.45) is 0 Å². The van der Waals surface area contributed by atoms with Gasteiger partial charge in [-0.1, -0.05) is 25.0 Å². The third kappa shape index (κ3) is 3.47. The molecular weight excluding hydrogens is 212 g/mol. The van der Waals surface area contributed by atoms with Crippen LogP contribution in [0.2, 0.25) is 0 Å². The minimum absolute atomic E-state index is 0.0936. The Morgan fingerprint density at radius 1 is 1.24 bits per heavy atom. The maximum atomic E-state index is 9.23. The van der Waals surface area contributed by atoms with Gasteiger partial charge in [0, 0.05) is 0 Å². The Balaban J connectivity index is 1.88. The molecule has 0 spiro atoms. The molecule has 17 heavy (non-hydrogen) atoms. The summed E-state index contributed by atoms with van der Waals surface area (Å²) in [5.41, 5.74) is 1.31. The Hall–Kier alpha value is -1.02. The quantitative estimate of drug-likeness (QED) is 0.861. The molecule has 1 saturated carbocycles. The normalized spacial score (nSPS) is 20.4. The highest BCUT2D eigenvalue weighted by molar-refractivity contribution is 5.26. The van der Waals surface area contributed by atoms with Gasteiger partial charge in [0.2, 0.25) is 0 Å². The van der Waals surface area contributed by atoms with Crippen LogP contribution in [0.1, 0.15) is 45.1 Å². The number of phenolic OH excluding ortho intramolecular Hbond substituents is 1. The molecule has 0 amide bonds. The molecule has 1 aromatic carbocycles. The van der Waals surface area contributed by atoms with Gasteiger partial charge >= 0.3 is 0 Å². The van der Waals surface area contributed by atoms with E-state index in [-0.39, 0.29) is 11.7 Å². The number of rotatable bonds is 4. The van der Waals surface area contributed by atoms with E-state index in [1.165, 1.54) is 31.2 Å². The van der Waals surface area contributed by atoms with Crippen LogP contribution in [0.3, 0.4) is 0 Å². The first-order chi connectivity index (χ1) is 8.07. The van der Waals surface area contributed by atoms with Crippen LogP contribution in [0.15, 0.2) is 24.3 Å². The van der Waals surface area contributed by atoms with Crippen LogP contribution in [0.5, 0.6) is 5.75 Å². The van der Waals surface area contributed by atoms with E-state index in [9.17, 15) is 5.11 Å². The molecule has 0 aliphatic heterocycles. The van der Waals surface area contributed by atoms with Gasteiger partial charge in [-0.25, -0.2) is 0 Å². The van der Waals surface area contributed by atoms with Crippen molar-refractivity contribution < 1.29 is 9.84 Å². The van der Waals surface area contributed by atoms with E-state index in [2.05, 4.69) is 13.8 Å². The molecule has 1 aliphatic carbocycles. The van der Waals surface area contributed by atoms with Crippen LogP contribution in [0, 0.1) is 0 Å². The lowest BCUT2D eigenvalue weighted by atomic mass is 10.0. The fourth-order valence-corrected chi connectivity index (χ4v) is 2.73. The fraction of sp³-hybridized carbons (Fsp3) is 0.600. The second-order valence-electron chi connectivity index (χ2n) is 5.46. The number of hydrogen-bond donors (Lipinski definition) is 1. The van der Waals surface area contributed by atoms with Crippen molar-refractivity contribution >= 4 is 0 Å². The first-order valence-corrected chi connectivity index (χ1v) is 6.53. The Labute approximate surface area is 104 Å². The van der Waals surface area contributed by atoms with Gasteiger partial charge in [-0.05, 0) is 50.8 Å². The van der Waals surface area contributed by atoms with Crippen molar-refractivity contribution in [3.8, 4) is 5.75 Å².